The number of anilines is 2. The number of ether oxygens (including phenoxy) is 1. The average molecular weight is 390 g/mol. The van der Waals surface area contributed by atoms with Crippen LogP contribution in [0.15, 0.2) is 54.7 Å². The summed E-state index contributed by atoms with van der Waals surface area (Å²) < 4.78 is 5.34. The van der Waals surface area contributed by atoms with Gasteiger partial charge in [-0.1, -0.05) is 24.3 Å². The third-order valence-electron chi connectivity index (χ3n) is 5.14. The molecule has 1 fully saturated rings. The van der Waals surface area contributed by atoms with Gasteiger partial charge in [0.2, 0.25) is 5.95 Å². The normalized spacial score (nSPS) is 14.6. The van der Waals surface area contributed by atoms with Crippen molar-refractivity contribution in [3.8, 4) is 17.0 Å². The molecule has 0 amide bonds. The van der Waals surface area contributed by atoms with Crippen molar-refractivity contribution in [1.82, 2.24) is 20.2 Å². The zero-order valence-corrected chi connectivity index (χ0v) is 17.0. The lowest BCUT2D eigenvalue weighted by atomic mass is 10.1. The predicted octanol–water partition coefficient (Wildman–Crippen LogP) is 3.61. The highest BCUT2D eigenvalue weighted by atomic mass is 16.5. The van der Waals surface area contributed by atoms with Gasteiger partial charge >= 0.3 is 0 Å². The van der Waals surface area contributed by atoms with E-state index in [-0.39, 0.29) is 0 Å². The topological polar surface area (TPSA) is 62.3 Å². The maximum absolute atomic E-state index is 5.34. The van der Waals surface area contributed by atoms with Crippen LogP contribution in [0, 0.1) is 6.92 Å². The fourth-order valence-corrected chi connectivity index (χ4v) is 3.51. The Labute approximate surface area is 172 Å². The summed E-state index contributed by atoms with van der Waals surface area (Å²) >= 11 is 0. The number of rotatable bonds is 6. The molecule has 1 aliphatic heterocycles. The first kappa shape index (κ1) is 19.4. The van der Waals surface area contributed by atoms with Crippen LogP contribution in [-0.4, -0.2) is 48.2 Å². The predicted molar refractivity (Wildman–Crippen MR) is 117 cm³/mol. The maximum Gasteiger partial charge on any atom is 0.227 e. The molecule has 150 valence electrons. The van der Waals surface area contributed by atoms with Crippen LogP contribution in [0.2, 0.25) is 0 Å². The molecule has 1 aliphatic rings. The SMILES string of the molecule is COc1cccc(-c2nc(Nc3ccc(CN4CCNCC4)cc3)ncc2C)c1. The van der Waals surface area contributed by atoms with E-state index in [1.165, 1.54) is 5.56 Å². The number of nitrogens with zero attached hydrogens (tertiary/aromatic N) is 3. The largest absolute Gasteiger partial charge is 0.497 e. The zero-order valence-electron chi connectivity index (χ0n) is 17.0. The molecule has 4 rings (SSSR count). The summed E-state index contributed by atoms with van der Waals surface area (Å²) in [5.74, 6) is 1.40. The fourth-order valence-electron chi connectivity index (χ4n) is 3.51. The Bertz CT molecular complexity index is 952. The van der Waals surface area contributed by atoms with Gasteiger partial charge in [0.25, 0.3) is 0 Å². The molecular weight excluding hydrogens is 362 g/mol. The minimum Gasteiger partial charge on any atom is -0.497 e. The van der Waals surface area contributed by atoms with Crippen LogP contribution in [-0.2, 0) is 6.54 Å². The second-order valence-corrected chi connectivity index (χ2v) is 7.31. The summed E-state index contributed by atoms with van der Waals surface area (Å²) in [6.45, 7) is 7.35. The number of methoxy groups -OCH3 is 1. The van der Waals surface area contributed by atoms with Crippen LogP contribution in [0.4, 0.5) is 11.6 Å². The molecule has 1 aromatic heterocycles. The number of hydrogen-bond donors (Lipinski definition) is 2. The smallest absolute Gasteiger partial charge is 0.227 e. The highest BCUT2D eigenvalue weighted by Crippen LogP contribution is 2.26. The van der Waals surface area contributed by atoms with Gasteiger partial charge in [-0.2, -0.15) is 0 Å². The van der Waals surface area contributed by atoms with Crippen molar-refractivity contribution < 1.29 is 4.74 Å². The Morgan fingerprint density at radius 3 is 2.66 bits per heavy atom. The van der Waals surface area contributed by atoms with Crippen molar-refractivity contribution in [1.29, 1.82) is 0 Å². The van der Waals surface area contributed by atoms with Crippen molar-refractivity contribution in [2.45, 2.75) is 13.5 Å². The molecule has 2 N–H and O–H groups in total. The molecule has 0 aliphatic carbocycles. The van der Waals surface area contributed by atoms with Crippen molar-refractivity contribution >= 4 is 11.6 Å². The quantitative estimate of drug-likeness (QED) is 0.672. The van der Waals surface area contributed by atoms with Gasteiger partial charge in [-0.15, -0.1) is 0 Å². The summed E-state index contributed by atoms with van der Waals surface area (Å²) in [6, 6.07) is 16.4. The first-order chi connectivity index (χ1) is 14.2. The van der Waals surface area contributed by atoms with E-state index in [2.05, 4.69) is 44.8 Å². The number of piperazine rings is 1. The molecule has 1 saturated heterocycles. The van der Waals surface area contributed by atoms with Gasteiger partial charge in [-0.25, -0.2) is 9.97 Å². The van der Waals surface area contributed by atoms with E-state index >= 15 is 0 Å². The second-order valence-electron chi connectivity index (χ2n) is 7.31. The zero-order chi connectivity index (χ0) is 20.1. The minimum absolute atomic E-state index is 0.586. The molecule has 29 heavy (non-hydrogen) atoms. The Hall–Kier alpha value is -2.96. The lowest BCUT2D eigenvalue weighted by Crippen LogP contribution is -2.42. The average Bonchev–Trinajstić information content (AvgIpc) is 2.77. The van der Waals surface area contributed by atoms with Crippen LogP contribution in [0.5, 0.6) is 5.75 Å². The molecule has 0 bridgehead atoms. The molecule has 0 spiro atoms. The van der Waals surface area contributed by atoms with E-state index in [9.17, 15) is 0 Å². The maximum atomic E-state index is 5.34. The van der Waals surface area contributed by atoms with Crippen LogP contribution in [0.1, 0.15) is 11.1 Å². The van der Waals surface area contributed by atoms with E-state index in [1.54, 1.807) is 7.11 Å². The molecule has 0 atom stereocenters. The summed E-state index contributed by atoms with van der Waals surface area (Å²) in [7, 11) is 1.67. The van der Waals surface area contributed by atoms with E-state index in [4.69, 9.17) is 9.72 Å². The molecule has 2 aromatic carbocycles. The summed E-state index contributed by atoms with van der Waals surface area (Å²) in [4.78, 5) is 11.7. The third kappa shape index (κ3) is 4.91. The van der Waals surface area contributed by atoms with Gasteiger partial charge in [0.15, 0.2) is 0 Å². The number of benzene rings is 2. The molecule has 2 heterocycles. The van der Waals surface area contributed by atoms with Crippen LogP contribution in [0.3, 0.4) is 0 Å². The lowest BCUT2D eigenvalue weighted by molar-refractivity contribution is 0.233. The monoisotopic (exact) mass is 389 g/mol. The van der Waals surface area contributed by atoms with Crippen LogP contribution >= 0.6 is 0 Å². The van der Waals surface area contributed by atoms with Gasteiger partial charge in [-0.3, -0.25) is 4.90 Å². The lowest BCUT2D eigenvalue weighted by Gasteiger charge is -2.27. The second kappa shape index (κ2) is 9.03. The number of hydrogen-bond acceptors (Lipinski definition) is 6. The molecule has 6 nitrogen and oxygen atoms in total. The van der Waals surface area contributed by atoms with Crippen molar-refractivity contribution in [3.05, 3.63) is 65.9 Å². The van der Waals surface area contributed by atoms with E-state index in [0.717, 1.165) is 61.0 Å². The van der Waals surface area contributed by atoms with E-state index in [0.29, 0.717) is 5.95 Å². The summed E-state index contributed by atoms with van der Waals surface area (Å²) in [5.41, 5.74) is 5.24. The number of nitrogens with one attached hydrogen (secondary N) is 2. The van der Waals surface area contributed by atoms with Gasteiger partial charge in [0, 0.05) is 50.2 Å². The molecule has 3 aromatic rings. The van der Waals surface area contributed by atoms with Crippen LogP contribution in [0.25, 0.3) is 11.3 Å². The van der Waals surface area contributed by atoms with Gasteiger partial charge in [0.1, 0.15) is 5.75 Å². The Balaban J connectivity index is 1.47. The Morgan fingerprint density at radius 1 is 1.10 bits per heavy atom. The van der Waals surface area contributed by atoms with Gasteiger partial charge in [-0.05, 0) is 42.3 Å². The van der Waals surface area contributed by atoms with E-state index in [1.807, 2.05) is 37.4 Å². The van der Waals surface area contributed by atoms with Gasteiger partial charge in [0.05, 0.1) is 12.8 Å². The summed E-state index contributed by atoms with van der Waals surface area (Å²) in [6.07, 6.45) is 1.85. The van der Waals surface area contributed by atoms with E-state index < -0.39 is 0 Å². The van der Waals surface area contributed by atoms with Crippen molar-refractivity contribution in [2.24, 2.45) is 0 Å². The van der Waals surface area contributed by atoms with Crippen molar-refractivity contribution in [3.63, 3.8) is 0 Å². The Kier molecular flexibility index (Phi) is 6.03. The minimum atomic E-state index is 0.586. The van der Waals surface area contributed by atoms with Gasteiger partial charge < -0.3 is 15.4 Å². The molecule has 0 saturated carbocycles. The summed E-state index contributed by atoms with van der Waals surface area (Å²) in [5, 5.41) is 6.71. The first-order valence-electron chi connectivity index (χ1n) is 9.98. The Morgan fingerprint density at radius 2 is 1.90 bits per heavy atom. The fraction of sp³-hybridized carbons (Fsp3) is 0.304. The molecule has 0 radical (unpaired) electrons. The standard InChI is InChI=1S/C23H27N5O/c1-17-15-25-23(27-22(17)19-4-3-5-21(14-19)29-2)26-20-8-6-18(7-9-20)16-28-12-10-24-11-13-28/h3-9,14-15,24H,10-13,16H2,1-2H3,(H,25,26,27). The number of aryl methyl sites for hydroxylation is 1. The van der Waals surface area contributed by atoms with Crippen LogP contribution < -0.4 is 15.4 Å². The highest BCUT2D eigenvalue weighted by Gasteiger charge is 2.11. The molecule has 0 unspecified atom stereocenters. The first-order valence-corrected chi connectivity index (χ1v) is 9.98. The third-order valence-corrected chi connectivity index (χ3v) is 5.14. The molecule has 6 heteroatoms. The number of aromatic nitrogens is 2. The van der Waals surface area contributed by atoms with Crippen molar-refractivity contribution in [2.75, 3.05) is 38.6 Å². The highest BCUT2D eigenvalue weighted by molar-refractivity contribution is 5.66. The molecular formula is C23H27N5O.